The van der Waals surface area contributed by atoms with Crippen LogP contribution in [0.1, 0.15) is 71.3 Å². The molecular weight excluding hydrogens is 536 g/mol. The second kappa shape index (κ2) is 12.3. The molecule has 0 aliphatic heterocycles. The molecule has 0 spiro atoms. The first-order valence-electron chi connectivity index (χ1n) is 14.1. The number of halogens is 1. The van der Waals surface area contributed by atoms with Gasteiger partial charge in [-0.05, 0) is 75.6 Å². The maximum Gasteiger partial charge on any atom is 0.258 e. The molecule has 212 valence electrons. The van der Waals surface area contributed by atoms with Gasteiger partial charge in [-0.15, -0.1) is 0 Å². The van der Waals surface area contributed by atoms with Gasteiger partial charge in [-0.25, -0.2) is 9.97 Å². The lowest BCUT2D eigenvalue weighted by Gasteiger charge is -2.42. The summed E-state index contributed by atoms with van der Waals surface area (Å²) in [5, 5.41) is 12.7. The lowest BCUT2D eigenvalue weighted by molar-refractivity contribution is 0.220. The number of hydrogen-bond donors (Lipinski definition) is 1. The Balaban J connectivity index is 1.82. The average molecular weight is 577 g/mol. The minimum absolute atomic E-state index is 0.470. The van der Waals surface area contributed by atoms with E-state index in [0.717, 1.165) is 45.3 Å². The SMILES string of the molecule is CCc1cc(C(O)c2ccc3nc(OC)cc(-c4cccc(O[Si](C(C)C)(C(C)C)C(C)C)c4)c3c2)cnc1Cl. The van der Waals surface area contributed by atoms with Gasteiger partial charge in [0.25, 0.3) is 8.32 Å². The molecule has 0 aliphatic carbocycles. The highest BCUT2D eigenvalue weighted by Crippen LogP contribution is 2.43. The normalized spacial score (nSPS) is 12.9. The fraction of sp³-hybridized carbons (Fsp3) is 0.394. The maximum atomic E-state index is 11.3. The van der Waals surface area contributed by atoms with Crippen LogP contribution in [0.15, 0.2) is 60.8 Å². The van der Waals surface area contributed by atoms with Crippen LogP contribution in [0, 0.1) is 0 Å². The highest BCUT2D eigenvalue weighted by molar-refractivity contribution is 6.78. The molecule has 4 rings (SSSR count). The highest BCUT2D eigenvalue weighted by atomic mass is 35.5. The molecule has 2 heterocycles. The standard InChI is InChI=1S/C33H41ClN2O3Si/c1-9-23-15-26(19-35-33(23)34)32(37)25-13-14-30-29(17-25)28(18-31(36-30)38-8)24-11-10-12-27(16-24)39-40(20(2)3,21(4)5)22(6)7/h10-22,32,37H,9H2,1-8H3. The molecule has 0 saturated carbocycles. The summed E-state index contributed by atoms with van der Waals surface area (Å²) in [5.41, 5.74) is 6.54. The predicted octanol–water partition coefficient (Wildman–Crippen LogP) is 9.16. The van der Waals surface area contributed by atoms with Crippen LogP contribution in [0.2, 0.25) is 21.8 Å². The summed E-state index contributed by atoms with van der Waals surface area (Å²) < 4.78 is 12.6. The number of fused-ring (bicyclic) bond motifs is 1. The Morgan fingerprint density at radius 1 is 0.900 bits per heavy atom. The van der Waals surface area contributed by atoms with Gasteiger partial charge in [0.15, 0.2) is 0 Å². The van der Waals surface area contributed by atoms with Gasteiger partial charge in [0.1, 0.15) is 17.0 Å². The summed E-state index contributed by atoms with van der Waals surface area (Å²) in [6, 6.07) is 18.0. The van der Waals surface area contributed by atoms with E-state index in [-0.39, 0.29) is 0 Å². The van der Waals surface area contributed by atoms with Crippen LogP contribution in [0.3, 0.4) is 0 Å². The largest absolute Gasteiger partial charge is 0.543 e. The van der Waals surface area contributed by atoms with Crippen LogP contribution in [-0.4, -0.2) is 30.5 Å². The zero-order valence-corrected chi connectivity index (χ0v) is 26.6. The van der Waals surface area contributed by atoms with E-state index >= 15 is 0 Å². The van der Waals surface area contributed by atoms with E-state index < -0.39 is 14.4 Å². The lowest BCUT2D eigenvalue weighted by atomic mass is 9.96. The van der Waals surface area contributed by atoms with Crippen LogP contribution in [-0.2, 0) is 6.42 Å². The number of aliphatic hydroxyl groups is 1. The Bertz CT molecular complexity index is 1470. The topological polar surface area (TPSA) is 64.5 Å². The number of aliphatic hydroxyl groups excluding tert-OH is 1. The third kappa shape index (κ3) is 5.76. The van der Waals surface area contributed by atoms with E-state index in [1.165, 1.54) is 0 Å². The molecule has 0 amide bonds. The highest BCUT2D eigenvalue weighted by Gasteiger charge is 2.47. The summed E-state index contributed by atoms with van der Waals surface area (Å²) in [6.45, 7) is 15.8. The van der Waals surface area contributed by atoms with Crippen molar-refractivity contribution in [3.63, 3.8) is 0 Å². The number of hydrogen-bond acceptors (Lipinski definition) is 5. The van der Waals surface area contributed by atoms with Gasteiger partial charge in [0, 0.05) is 23.2 Å². The fourth-order valence-corrected chi connectivity index (χ4v) is 11.6. The number of nitrogens with zero attached hydrogens (tertiary/aromatic N) is 2. The number of ether oxygens (including phenoxy) is 1. The number of benzene rings is 2. The smallest absolute Gasteiger partial charge is 0.258 e. The zero-order valence-electron chi connectivity index (χ0n) is 24.8. The fourth-order valence-electron chi connectivity index (χ4n) is 6.12. The monoisotopic (exact) mass is 576 g/mol. The van der Waals surface area contributed by atoms with Crippen LogP contribution in [0.4, 0.5) is 0 Å². The second-order valence-electron chi connectivity index (χ2n) is 11.4. The number of aromatic nitrogens is 2. The second-order valence-corrected chi connectivity index (χ2v) is 17.1. The van der Waals surface area contributed by atoms with Gasteiger partial charge in [-0.2, -0.15) is 0 Å². The Morgan fingerprint density at radius 3 is 2.23 bits per heavy atom. The molecule has 5 nitrogen and oxygen atoms in total. The van der Waals surface area contributed by atoms with E-state index in [4.69, 9.17) is 20.8 Å². The average Bonchev–Trinajstić information content (AvgIpc) is 2.94. The van der Waals surface area contributed by atoms with Gasteiger partial charge in [0.05, 0.1) is 12.6 Å². The van der Waals surface area contributed by atoms with Crippen molar-refractivity contribution in [1.82, 2.24) is 9.97 Å². The maximum absolute atomic E-state index is 11.3. The first kappa shape index (κ1) is 30.0. The molecule has 0 fully saturated rings. The van der Waals surface area contributed by atoms with E-state index in [2.05, 4.69) is 69.7 Å². The molecule has 0 saturated heterocycles. The number of rotatable bonds is 10. The Morgan fingerprint density at radius 2 is 1.60 bits per heavy atom. The van der Waals surface area contributed by atoms with Crippen molar-refractivity contribution in [3.05, 3.63) is 82.6 Å². The third-order valence-corrected chi connectivity index (χ3v) is 14.5. The van der Waals surface area contributed by atoms with Crippen molar-refractivity contribution >= 4 is 30.8 Å². The van der Waals surface area contributed by atoms with Gasteiger partial charge in [0.2, 0.25) is 5.88 Å². The zero-order chi connectivity index (χ0) is 29.2. The van der Waals surface area contributed by atoms with Gasteiger partial charge in [-0.3, -0.25) is 0 Å². The van der Waals surface area contributed by atoms with Crippen molar-refractivity contribution in [2.75, 3.05) is 7.11 Å². The Hall–Kier alpha value is -2.93. The molecule has 2 aromatic heterocycles. The van der Waals surface area contributed by atoms with Crippen molar-refractivity contribution in [1.29, 1.82) is 0 Å². The van der Waals surface area contributed by atoms with Crippen LogP contribution in [0.25, 0.3) is 22.0 Å². The molecular formula is C33H41ClN2O3Si. The summed E-state index contributed by atoms with van der Waals surface area (Å²) in [5.74, 6) is 1.42. The molecule has 1 N–H and O–H groups in total. The molecule has 4 aromatic rings. The quantitative estimate of drug-likeness (QED) is 0.151. The molecule has 2 aromatic carbocycles. The summed E-state index contributed by atoms with van der Waals surface area (Å²) in [4.78, 5) is 8.97. The molecule has 1 unspecified atom stereocenters. The van der Waals surface area contributed by atoms with Gasteiger partial charge < -0.3 is 14.3 Å². The van der Waals surface area contributed by atoms with Crippen molar-refractivity contribution in [2.45, 2.75) is 77.6 Å². The molecule has 0 bridgehead atoms. The first-order chi connectivity index (χ1) is 19.0. The molecule has 0 radical (unpaired) electrons. The van der Waals surface area contributed by atoms with Crippen molar-refractivity contribution in [2.24, 2.45) is 0 Å². The number of methoxy groups -OCH3 is 1. The lowest BCUT2D eigenvalue weighted by Crippen LogP contribution is -2.50. The third-order valence-electron chi connectivity index (χ3n) is 8.11. The minimum Gasteiger partial charge on any atom is -0.543 e. The van der Waals surface area contributed by atoms with Crippen molar-refractivity contribution < 1.29 is 14.3 Å². The summed E-state index contributed by atoms with van der Waals surface area (Å²) >= 11 is 6.23. The number of pyridine rings is 2. The first-order valence-corrected chi connectivity index (χ1v) is 16.6. The van der Waals surface area contributed by atoms with Gasteiger partial charge in [-0.1, -0.05) is 78.3 Å². The predicted molar refractivity (Wildman–Crippen MR) is 168 cm³/mol. The van der Waals surface area contributed by atoms with Crippen LogP contribution in [0.5, 0.6) is 11.6 Å². The Kier molecular flexibility index (Phi) is 9.23. The van der Waals surface area contributed by atoms with Crippen LogP contribution >= 0.6 is 11.6 Å². The Labute approximate surface area is 244 Å². The van der Waals surface area contributed by atoms with E-state index in [1.54, 1.807) is 13.3 Å². The molecule has 0 aliphatic rings. The van der Waals surface area contributed by atoms with E-state index in [9.17, 15) is 5.11 Å². The molecule has 1 atom stereocenters. The summed E-state index contributed by atoms with van der Waals surface area (Å²) in [6.07, 6.45) is 1.53. The minimum atomic E-state index is -2.12. The van der Waals surface area contributed by atoms with E-state index in [1.807, 2.05) is 43.3 Å². The van der Waals surface area contributed by atoms with Crippen LogP contribution < -0.4 is 9.16 Å². The molecule has 7 heteroatoms. The molecule has 40 heavy (non-hydrogen) atoms. The van der Waals surface area contributed by atoms with E-state index in [0.29, 0.717) is 33.2 Å². The van der Waals surface area contributed by atoms with Crippen molar-refractivity contribution in [3.8, 4) is 22.8 Å². The number of aryl methyl sites for hydroxylation is 1. The van der Waals surface area contributed by atoms with Gasteiger partial charge >= 0.3 is 0 Å². The summed E-state index contributed by atoms with van der Waals surface area (Å²) in [7, 11) is -0.495.